The molecule has 0 aromatic heterocycles. The summed E-state index contributed by atoms with van der Waals surface area (Å²) in [5.41, 5.74) is 0.794. The van der Waals surface area contributed by atoms with Crippen LogP contribution in [0.25, 0.3) is 0 Å². The number of nitrogens with one attached hydrogen (secondary N) is 2. The fraction of sp³-hybridized carbons (Fsp3) is 0.133. The van der Waals surface area contributed by atoms with E-state index in [9.17, 15) is 13.2 Å². The Morgan fingerprint density at radius 1 is 1.04 bits per heavy atom. The van der Waals surface area contributed by atoms with Crippen LogP contribution in [0.5, 0.6) is 0 Å². The number of ether oxygens (including phenoxy) is 1. The molecule has 2 N–H and O–H groups in total. The number of carbonyl (C=O) groups is 1. The summed E-state index contributed by atoms with van der Waals surface area (Å²) in [7, 11) is -3.83. The first-order chi connectivity index (χ1) is 11.3. The second-order valence-electron chi connectivity index (χ2n) is 4.63. The van der Waals surface area contributed by atoms with Gasteiger partial charge in [-0.15, -0.1) is 0 Å². The van der Waals surface area contributed by atoms with Gasteiger partial charge in [-0.25, -0.2) is 13.2 Å². The summed E-state index contributed by atoms with van der Waals surface area (Å²) in [5.74, 6) is 0. The topological polar surface area (TPSA) is 84.5 Å². The lowest BCUT2D eigenvalue weighted by atomic mass is 10.3. The molecule has 0 fully saturated rings. The molecule has 0 aliphatic rings. The van der Waals surface area contributed by atoms with E-state index in [1.807, 2.05) is 0 Å². The standard InChI is InChI=1S/C15H14Cl2N2O4S/c1-2-23-15(20)18-12-3-5-13(6-4-12)19-24(21,22)14-8-10(16)7-11(17)9-14/h3-9,19H,2H2,1H3,(H,18,20). The fourth-order valence-electron chi connectivity index (χ4n) is 1.80. The number of benzene rings is 2. The molecule has 0 atom stereocenters. The highest BCUT2D eigenvalue weighted by atomic mass is 35.5. The van der Waals surface area contributed by atoms with Crippen molar-refractivity contribution in [3.63, 3.8) is 0 Å². The highest BCUT2D eigenvalue weighted by molar-refractivity contribution is 7.92. The first-order valence-electron chi connectivity index (χ1n) is 6.83. The van der Waals surface area contributed by atoms with E-state index in [2.05, 4.69) is 10.0 Å². The van der Waals surface area contributed by atoms with E-state index in [0.29, 0.717) is 11.4 Å². The van der Waals surface area contributed by atoms with E-state index in [1.165, 1.54) is 30.3 Å². The Labute approximate surface area is 149 Å². The van der Waals surface area contributed by atoms with Crippen LogP contribution in [-0.4, -0.2) is 21.1 Å². The maximum absolute atomic E-state index is 12.3. The molecule has 128 valence electrons. The van der Waals surface area contributed by atoms with Crippen molar-refractivity contribution in [3.8, 4) is 0 Å². The van der Waals surface area contributed by atoms with Crippen LogP contribution in [0.15, 0.2) is 47.4 Å². The molecule has 0 bridgehead atoms. The third-order valence-electron chi connectivity index (χ3n) is 2.81. The number of halogens is 2. The first kappa shape index (κ1) is 18.4. The summed E-state index contributed by atoms with van der Waals surface area (Å²) in [6, 6.07) is 10.1. The minimum atomic E-state index is -3.83. The van der Waals surface area contributed by atoms with E-state index in [4.69, 9.17) is 27.9 Å². The number of hydrogen-bond donors (Lipinski definition) is 2. The molecule has 0 heterocycles. The van der Waals surface area contributed by atoms with Gasteiger partial charge in [0.2, 0.25) is 0 Å². The minimum absolute atomic E-state index is 0.0475. The van der Waals surface area contributed by atoms with E-state index >= 15 is 0 Å². The summed E-state index contributed by atoms with van der Waals surface area (Å²) in [4.78, 5) is 11.3. The van der Waals surface area contributed by atoms with Crippen molar-refractivity contribution in [2.75, 3.05) is 16.6 Å². The molecule has 0 aliphatic heterocycles. The van der Waals surface area contributed by atoms with Gasteiger partial charge in [0.05, 0.1) is 11.5 Å². The van der Waals surface area contributed by atoms with Crippen molar-refractivity contribution in [3.05, 3.63) is 52.5 Å². The van der Waals surface area contributed by atoms with Gasteiger partial charge in [-0.05, 0) is 49.4 Å². The molecule has 6 nitrogen and oxygen atoms in total. The Kier molecular flexibility index (Phi) is 5.93. The molecule has 0 radical (unpaired) electrons. The number of amides is 1. The monoisotopic (exact) mass is 388 g/mol. The summed E-state index contributed by atoms with van der Waals surface area (Å²) in [6.07, 6.45) is -0.584. The largest absolute Gasteiger partial charge is 0.450 e. The van der Waals surface area contributed by atoms with Crippen molar-refractivity contribution in [2.45, 2.75) is 11.8 Å². The van der Waals surface area contributed by atoms with Crippen LogP contribution in [0.2, 0.25) is 10.0 Å². The quantitative estimate of drug-likeness (QED) is 0.796. The molecule has 2 aromatic rings. The van der Waals surface area contributed by atoms with Crippen LogP contribution >= 0.6 is 23.2 Å². The highest BCUT2D eigenvalue weighted by Crippen LogP contribution is 2.24. The molecule has 0 saturated heterocycles. The molecule has 2 rings (SSSR count). The van der Waals surface area contributed by atoms with Gasteiger partial charge in [0.1, 0.15) is 0 Å². The number of anilines is 2. The lowest BCUT2D eigenvalue weighted by Crippen LogP contribution is -2.14. The van der Waals surface area contributed by atoms with E-state index in [0.717, 1.165) is 0 Å². The molecule has 0 spiro atoms. The number of rotatable bonds is 5. The Balaban J connectivity index is 2.14. The van der Waals surface area contributed by atoms with Gasteiger partial charge in [-0.2, -0.15) is 0 Å². The average Bonchev–Trinajstić information content (AvgIpc) is 2.48. The van der Waals surface area contributed by atoms with Gasteiger partial charge in [0.25, 0.3) is 10.0 Å². The lowest BCUT2D eigenvalue weighted by molar-refractivity contribution is 0.168. The summed E-state index contributed by atoms with van der Waals surface area (Å²) < 4.78 is 31.8. The average molecular weight is 389 g/mol. The van der Waals surface area contributed by atoms with Gasteiger partial charge < -0.3 is 4.74 Å². The van der Waals surface area contributed by atoms with Crippen molar-refractivity contribution in [1.82, 2.24) is 0 Å². The van der Waals surface area contributed by atoms with Crippen molar-refractivity contribution < 1.29 is 17.9 Å². The van der Waals surface area contributed by atoms with Crippen LogP contribution in [0.1, 0.15) is 6.92 Å². The van der Waals surface area contributed by atoms with Gasteiger partial charge in [-0.3, -0.25) is 10.0 Å². The van der Waals surface area contributed by atoms with E-state index in [1.54, 1.807) is 19.1 Å². The van der Waals surface area contributed by atoms with Crippen molar-refractivity contribution >= 4 is 50.7 Å². The lowest BCUT2D eigenvalue weighted by Gasteiger charge is -2.10. The van der Waals surface area contributed by atoms with Crippen LogP contribution in [0, 0.1) is 0 Å². The number of hydrogen-bond acceptors (Lipinski definition) is 4. The van der Waals surface area contributed by atoms with E-state index < -0.39 is 16.1 Å². The number of sulfonamides is 1. The zero-order chi connectivity index (χ0) is 17.7. The summed E-state index contributed by atoms with van der Waals surface area (Å²) >= 11 is 11.7. The summed E-state index contributed by atoms with van der Waals surface area (Å²) in [5, 5.41) is 2.94. The zero-order valence-corrected chi connectivity index (χ0v) is 14.9. The van der Waals surface area contributed by atoms with Gasteiger partial charge in [0, 0.05) is 21.4 Å². The molecular weight excluding hydrogens is 375 g/mol. The summed E-state index contributed by atoms with van der Waals surface area (Å²) in [6.45, 7) is 1.95. The molecule has 24 heavy (non-hydrogen) atoms. The maximum Gasteiger partial charge on any atom is 0.411 e. The van der Waals surface area contributed by atoms with Crippen LogP contribution in [0.4, 0.5) is 16.2 Å². The van der Waals surface area contributed by atoms with Crippen LogP contribution in [0.3, 0.4) is 0 Å². The van der Waals surface area contributed by atoms with Gasteiger partial charge >= 0.3 is 6.09 Å². The molecule has 0 unspecified atom stereocenters. The molecular formula is C15H14Cl2N2O4S. The molecule has 1 amide bonds. The Bertz CT molecular complexity index is 819. The second-order valence-corrected chi connectivity index (χ2v) is 7.19. The van der Waals surface area contributed by atoms with E-state index in [-0.39, 0.29) is 21.5 Å². The Hall–Kier alpha value is -1.96. The number of carbonyl (C=O) groups excluding carboxylic acids is 1. The predicted molar refractivity (Wildman–Crippen MR) is 94.4 cm³/mol. The van der Waals surface area contributed by atoms with Crippen LogP contribution in [-0.2, 0) is 14.8 Å². The second kappa shape index (κ2) is 7.74. The Morgan fingerprint density at radius 2 is 1.58 bits per heavy atom. The minimum Gasteiger partial charge on any atom is -0.450 e. The molecule has 9 heteroatoms. The third-order valence-corrected chi connectivity index (χ3v) is 4.60. The smallest absolute Gasteiger partial charge is 0.411 e. The molecule has 0 saturated carbocycles. The van der Waals surface area contributed by atoms with Crippen LogP contribution < -0.4 is 10.0 Å². The zero-order valence-electron chi connectivity index (χ0n) is 12.5. The maximum atomic E-state index is 12.3. The fourth-order valence-corrected chi connectivity index (χ4v) is 3.59. The van der Waals surface area contributed by atoms with Crippen molar-refractivity contribution in [2.24, 2.45) is 0 Å². The normalized spacial score (nSPS) is 11.0. The first-order valence-corrected chi connectivity index (χ1v) is 9.07. The SMILES string of the molecule is CCOC(=O)Nc1ccc(NS(=O)(=O)c2cc(Cl)cc(Cl)c2)cc1. The van der Waals surface area contributed by atoms with Crippen molar-refractivity contribution in [1.29, 1.82) is 0 Å². The predicted octanol–water partition coefficient (Wildman–Crippen LogP) is 4.36. The third kappa shape index (κ3) is 5.02. The molecule has 0 aliphatic carbocycles. The highest BCUT2D eigenvalue weighted by Gasteiger charge is 2.16. The Morgan fingerprint density at radius 3 is 2.12 bits per heavy atom. The van der Waals surface area contributed by atoms with Gasteiger partial charge in [-0.1, -0.05) is 23.2 Å². The molecule has 2 aromatic carbocycles. The van der Waals surface area contributed by atoms with Gasteiger partial charge in [0.15, 0.2) is 0 Å².